The van der Waals surface area contributed by atoms with Crippen molar-refractivity contribution in [1.82, 2.24) is 0 Å². The molecule has 0 bridgehead atoms. The van der Waals surface area contributed by atoms with Gasteiger partial charge in [-0.25, -0.2) is 8.78 Å². The van der Waals surface area contributed by atoms with Crippen LogP contribution >= 0.6 is 0 Å². The number of halogens is 5. The maximum Gasteiger partial charge on any atom is 0.422 e. The minimum absolute atomic E-state index is 0.00718. The highest BCUT2D eigenvalue weighted by atomic mass is 19.4. The van der Waals surface area contributed by atoms with Gasteiger partial charge in [0.15, 0.2) is 0 Å². The van der Waals surface area contributed by atoms with Gasteiger partial charge in [0.1, 0.15) is 17.2 Å². The molecule has 0 fully saturated rings. The first-order chi connectivity index (χ1) is 10.2. The van der Waals surface area contributed by atoms with Crippen LogP contribution in [0.4, 0.5) is 22.0 Å². The van der Waals surface area contributed by atoms with Gasteiger partial charge in [-0.3, -0.25) is 9.59 Å². The molecule has 22 heavy (non-hydrogen) atoms. The van der Waals surface area contributed by atoms with E-state index < -0.39 is 35.1 Å². The zero-order valence-electron chi connectivity index (χ0n) is 10.7. The van der Waals surface area contributed by atoms with Gasteiger partial charge in [0.25, 0.3) is 0 Å². The van der Waals surface area contributed by atoms with Crippen molar-refractivity contribution >= 4 is 11.7 Å². The average molecular weight is 318 g/mol. The van der Waals surface area contributed by atoms with Crippen LogP contribution in [0.5, 0.6) is 0 Å². The largest absolute Gasteiger partial charge is 0.422 e. The van der Waals surface area contributed by atoms with Crippen LogP contribution in [0.1, 0.15) is 17.5 Å². The highest BCUT2D eigenvalue weighted by molar-refractivity contribution is 6.41. The van der Waals surface area contributed by atoms with Crippen LogP contribution in [0.15, 0.2) is 34.1 Å². The van der Waals surface area contributed by atoms with Gasteiger partial charge >= 0.3 is 12.1 Å². The lowest BCUT2D eigenvalue weighted by Crippen LogP contribution is -2.12. The van der Waals surface area contributed by atoms with Gasteiger partial charge in [-0.05, 0) is 30.5 Å². The number of amides is 1. The van der Waals surface area contributed by atoms with Gasteiger partial charge in [0.2, 0.25) is 5.78 Å². The van der Waals surface area contributed by atoms with Crippen molar-refractivity contribution in [3.63, 3.8) is 0 Å². The van der Waals surface area contributed by atoms with Crippen molar-refractivity contribution in [3.8, 4) is 0 Å². The molecule has 0 atom stereocenters. The first kappa shape index (κ1) is 15.9. The van der Waals surface area contributed by atoms with E-state index in [9.17, 15) is 31.5 Å². The second-order valence-electron chi connectivity index (χ2n) is 4.44. The molecule has 1 aromatic rings. The molecule has 0 spiro atoms. The number of azo groups is 1. The molecular formula is C13H7F5N2O2. The van der Waals surface area contributed by atoms with Crippen LogP contribution in [0.25, 0.3) is 0 Å². The van der Waals surface area contributed by atoms with Gasteiger partial charge in [0, 0.05) is 6.08 Å². The van der Waals surface area contributed by atoms with Crippen LogP contribution in [0, 0.1) is 11.6 Å². The number of alkyl halides is 3. The molecule has 0 N–H and O–H groups in total. The van der Waals surface area contributed by atoms with E-state index in [1.54, 1.807) is 0 Å². The Bertz CT molecular complexity index is 684. The minimum Gasteiger partial charge on any atom is -0.284 e. The Hall–Kier alpha value is -2.45. The smallest absolute Gasteiger partial charge is 0.284 e. The molecular weight excluding hydrogens is 311 g/mol. The Labute approximate surface area is 120 Å². The van der Waals surface area contributed by atoms with Gasteiger partial charge in [-0.1, -0.05) is 0 Å². The lowest BCUT2D eigenvalue weighted by molar-refractivity contribution is -0.142. The number of carbonyl (C=O) groups excluding carboxylic acids is 2. The Morgan fingerprint density at radius 1 is 0.955 bits per heavy atom. The molecule has 0 unspecified atom stereocenters. The summed E-state index contributed by atoms with van der Waals surface area (Å²) >= 11 is 0. The summed E-state index contributed by atoms with van der Waals surface area (Å²) in [6.45, 7) is 0. The number of hydrogen-bond acceptors (Lipinski definition) is 3. The fraction of sp³-hybridized carbons (Fsp3) is 0.231. The number of rotatable bonds is 3. The molecule has 4 nitrogen and oxygen atoms in total. The third-order valence-electron chi connectivity index (χ3n) is 2.83. The molecule has 0 saturated carbocycles. The minimum atomic E-state index is -5.13. The summed E-state index contributed by atoms with van der Waals surface area (Å²) in [5, 5.41) is 6.48. The average Bonchev–Trinajstić information content (AvgIpc) is 2.37. The summed E-state index contributed by atoms with van der Waals surface area (Å²) < 4.78 is 64.0. The van der Waals surface area contributed by atoms with Crippen molar-refractivity contribution in [2.75, 3.05) is 0 Å². The quantitative estimate of drug-likeness (QED) is 0.634. The highest BCUT2D eigenvalue weighted by Crippen LogP contribution is 2.34. The monoisotopic (exact) mass is 318 g/mol. The Morgan fingerprint density at radius 2 is 1.55 bits per heavy atom. The third kappa shape index (κ3) is 3.41. The third-order valence-corrected chi connectivity index (χ3v) is 2.83. The number of benzene rings is 1. The molecule has 1 aliphatic rings. The molecule has 1 aromatic carbocycles. The van der Waals surface area contributed by atoms with Crippen molar-refractivity contribution < 1.29 is 31.5 Å². The molecule has 1 amide bonds. The van der Waals surface area contributed by atoms with E-state index in [1.807, 2.05) is 0 Å². The van der Waals surface area contributed by atoms with Gasteiger partial charge < -0.3 is 0 Å². The van der Waals surface area contributed by atoms with Gasteiger partial charge in [0.05, 0.1) is 5.70 Å². The number of hydrogen-bond donors (Lipinski definition) is 0. The lowest BCUT2D eigenvalue weighted by atomic mass is 10.0. The second-order valence-corrected chi connectivity index (χ2v) is 4.44. The summed E-state index contributed by atoms with van der Waals surface area (Å²) in [7, 11) is 0. The van der Waals surface area contributed by atoms with Crippen LogP contribution in [0.3, 0.4) is 0 Å². The molecule has 0 aliphatic carbocycles. The van der Waals surface area contributed by atoms with Crippen LogP contribution < -0.4 is 0 Å². The Balaban J connectivity index is 2.16. The van der Waals surface area contributed by atoms with E-state index in [1.165, 1.54) is 0 Å². The zero-order valence-corrected chi connectivity index (χ0v) is 10.7. The van der Waals surface area contributed by atoms with E-state index in [4.69, 9.17) is 0 Å². The van der Waals surface area contributed by atoms with Crippen molar-refractivity contribution in [3.05, 3.63) is 46.7 Å². The first-order valence-corrected chi connectivity index (χ1v) is 5.94. The molecule has 1 aliphatic heterocycles. The fourth-order valence-electron chi connectivity index (χ4n) is 1.84. The first-order valence-electron chi connectivity index (χ1n) is 5.94. The molecule has 0 radical (unpaired) electrons. The van der Waals surface area contributed by atoms with Gasteiger partial charge in [-0.15, -0.1) is 5.11 Å². The number of ketones is 1. The second kappa shape index (κ2) is 5.74. The Kier molecular flexibility index (Phi) is 4.16. The summed E-state index contributed by atoms with van der Waals surface area (Å²) in [5.41, 5.74) is -1.89. The topological polar surface area (TPSA) is 58.9 Å². The highest BCUT2D eigenvalue weighted by Gasteiger charge is 2.37. The molecule has 9 heteroatoms. The lowest BCUT2D eigenvalue weighted by Gasteiger charge is -2.11. The van der Waals surface area contributed by atoms with Crippen molar-refractivity contribution in [2.24, 2.45) is 10.2 Å². The summed E-state index contributed by atoms with van der Waals surface area (Å²) in [6, 6.07) is 1.14. The van der Waals surface area contributed by atoms with Crippen LogP contribution in [0.2, 0.25) is 0 Å². The molecule has 0 saturated heterocycles. The molecule has 0 aromatic heterocycles. The number of aryl methyl sites for hydroxylation is 1. The predicted octanol–water partition coefficient (Wildman–Crippen LogP) is 3.36. The van der Waals surface area contributed by atoms with Crippen molar-refractivity contribution in [1.29, 1.82) is 0 Å². The SMILES string of the molecule is O=C1C=C(CCc2cc(F)c(C(F)(F)F)c(F)c2)N=NC1=O. The maximum atomic E-state index is 13.4. The number of nitrogens with zero attached hydrogens (tertiary/aromatic N) is 2. The van der Waals surface area contributed by atoms with E-state index in [2.05, 4.69) is 10.2 Å². The summed E-state index contributed by atoms with van der Waals surface area (Å²) in [6.07, 6.45) is -4.28. The van der Waals surface area contributed by atoms with E-state index >= 15 is 0 Å². The van der Waals surface area contributed by atoms with Gasteiger partial charge in [-0.2, -0.15) is 18.3 Å². The molecule has 1 heterocycles. The molecule has 116 valence electrons. The summed E-state index contributed by atoms with van der Waals surface area (Å²) in [4.78, 5) is 21.8. The van der Waals surface area contributed by atoms with E-state index in [0.29, 0.717) is 12.1 Å². The predicted molar refractivity (Wildman–Crippen MR) is 62.6 cm³/mol. The zero-order chi connectivity index (χ0) is 16.5. The van der Waals surface area contributed by atoms with Crippen LogP contribution in [-0.4, -0.2) is 11.7 Å². The maximum absolute atomic E-state index is 13.4. The Morgan fingerprint density at radius 3 is 2.05 bits per heavy atom. The van der Waals surface area contributed by atoms with E-state index in [-0.39, 0.29) is 24.1 Å². The standard InChI is InChI=1S/C13H7F5N2O2/c14-8-3-6(4-9(15)11(8)13(16,17)18)1-2-7-5-10(21)12(22)20-19-7/h3-5H,1-2H2. The van der Waals surface area contributed by atoms with Crippen LogP contribution in [-0.2, 0) is 22.2 Å². The van der Waals surface area contributed by atoms with E-state index in [0.717, 1.165) is 6.08 Å². The number of allylic oxidation sites excluding steroid dienone is 1. The number of carbonyl (C=O) groups is 2. The van der Waals surface area contributed by atoms with Crippen molar-refractivity contribution in [2.45, 2.75) is 19.0 Å². The molecule has 2 rings (SSSR count). The normalized spacial score (nSPS) is 15.2. The fourth-order valence-corrected chi connectivity index (χ4v) is 1.84. The summed E-state index contributed by atoms with van der Waals surface area (Å²) in [5.74, 6) is -5.34.